The van der Waals surface area contributed by atoms with Gasteiger partial charge in [0.1, 0.15) is 11.3 Å². The fourth-order valence-corrected chi connectivity index (χ4v) is 2.82. The van der Waals surface area contributed by atoms with Gasteiger partial charge in [-0.05, 0) is 49.2 Å². The molecule has 1 heterocycles. The molecule has 2 N–H and O–H groups in total. The molecule has 0 fully saturated rings. The van der Waals surface area contributed by atoms with Gasteiger partial charge in [0.05, 0.1) is 6.04 Å². The first kappa shape index (κ1) is 13.4. The van der Waals surface area contributed by atoms with E-state index in [0.717, 1.165) is 26.8 Å². The van der Waals surface area contributed by atoms with Gasteiger partial charge in [-0.15, -0.1) is 0 Å². The van der Waals surface area contributed by atoms with E-state index in [1.165, 1.54) is 11.1 Å². The van der Waals surface area contributed by atoms with Crippen LogP contribution >= 0.6 is 15.9 Å². The molecule has 0 saturated heterocycles. The lowest BCUT2D eigenvalue weighted by Crippen LogP contribution is -2.12. The predicted octanol–water partition coefficient (Wildman–Crippen LogP) is 4.86. The summed E-state index contributed by atoms with van der Waals surface area (Å²) in [6.07, 6.45) is 0. The average Bonchev–Trinajstić information content (AvgIpc) is 2.83. The van der Waals surface area contributed by atoms with E-state index in [1.807, 2.05) is 24.3 Å². The molecule has 3 aromatic rings. The summed E-state index contributed by atoms with van der Waals surface area (Å²) in [5.41, 5.74) is 10.8. The molecule has 3 rings (SSSR count). The van der Waals surface area contributed by atoms with Crippen molar-refractivity contribution in [2.75, 3.05) is 0 Å². The molecule has 0 radical (unpaired) electrons. The molecule has 0 amide bonds. The van der Waals surface area contributed by atoms with E-state index in [-0.39, 0.29) is 6.04 Å². The number of furan rings is 1. The summed E-state index contributed by atoms with van der Waals surface area (Å²) in [5.74, 6) is 0.798. The molecular weight excluding hydrogens is 314 g/mol. The first-order valence-corrected chi connectivity index (χ1v) is 7.35. The first-order chi connectivity index (χ1) is 9.54. The van der Waals surface area contributed by atoms with E-state index >= 15 is 0 Å². The highest BCUT2D eigenvalue weighted by Crippen LogP contribution is 2.30. The Bertz CT molecular complexity index is 776. The van der Waals surface area contributed by atoms with Crippen LogP contribution in [0.2, 0.25) is 0 Å². The summed E-state index contributed by atoms with van der Waals surface area (Å²) in [5, 5.41) is 1.06. The minimum absolute atomic E-state index is 0.235. The van der Waals surface area contributed by atoms with E-state index in [9.17, 15) is 0 Å². The Balaban J connectivity index is 2.07. The smallest absolute Gasteiger partial charge is 0.134 e. The van der Waals surface area contributed by atoms with Gasteiger partial charge < -0.3 is 10.2 Å². The second kappa shape index (κ2) is 5.08. The molecular formula is C17H16BrNO. The SMILES string of the molecule is Cc1ccc(C)c(C(N)c2cc3cc(Br)ccc3o2)c1. The molecule has 1 atom stereocenters. The van der Waals surface area contributed by atoms with Crippen LogP contribution < -0.4 is 5.73 Å². The van der Waals surface area contributed by atoms with Crippen molar-refractivity contribution < 1.29 is 4.42 Å². The lowest BCUT2D eigenvalue weighted by Gasteiger charge is -2.13. The number of nitrogens with two attached hydrogens (primary N) is 1. The van der Waals surface area contributed by atoms with Crippen LogP contribution in [0.25, 0.3) is 11.0 Å². The molecule has 0 saturated carbocycles. The average molecular weight is 330 g/mol. The second-order valence-corrected chi connectivity index (χ2v) is 6.08. The second-order valence-electron chi connectivity index (χ2n) is 5.17. The molecule has 0 aliphatic heterocycles. The zero-order valence-electron chi connectivity index (χ0n) is 11.5. The Hall–Kier alpha value is -1.58. The molecule has 20 heavy (non-hydrogen) atoms. The van der Waals surface area contributed by atoms with Gasteiger partial charge in [-0.25, -0.2) is 0 Å². The van der Waals surface area contributed by atoms with Gasteiger partial charge in [-0.3, -0.25) is 0 Å². The van der Waals surface area contributed by atoms with Gasteiger partial charge in [0.2, 0.25) is 0 Å². The van der Waals surface area contributed by atoms with Crippen molar-refractivity contribution in [3.8, 4) is 0 Å². The Labute approximate surface area is 126 Å². The molecule has 0 spiro atoms. The van der Waals surface area contributed by atoms with Gasteiger partial charge in [0.25, 0.3) is 0 Å². The molecule has 1 unspecified atom stereocenters. The van der Waals surface area contributed by atoms with E-state index in [4.69, 9.17) is 10.2 Å². The number of hydrogen-bond acceptors (Lipinski definition) is 2. The summed E-state index contributed by atoms with van der Waals surface area (Å²) in [6.45, 7) is 4.15. The van der Waals surface area contributed by atoms with Crippen molar-refractivity contribution in [2.24, 2.45) is 5.73 Å². The number of hydrogen-bond donors (Lipinski definition) is 1. The summed E-state index contributed by atoms with van der Waals surface area (Å²) >= 11 is 3.47. The van der Waals surface area contributed by atoms with E-state index < -0.39 is 0 Å². The number of fused-ring (bicyclic) bond motifs is 1. The number of rotatable bonds is 2. The summed E-state index contributed by atoms with van der Waals surface area (Å²) < 4.78 is 6.93. The molecule has 1 aromatic heterocycles. The van der Waals surface area contributed by atoms with Crippen molar-refractivity contribution in [3.05, 3.63) is 69.4 Å². The van der Waals surface area contributed by atoms with E-state index in [2.05, 4.69) is 48.0 Å². The van der Waals surface area contributed by atoms with Gasteiger partial charge in [0.15, 0.2) is 0 Å². The third-order valence-electron chi connectivity index (χ3n) is 3.57. The maximum atomic E-state index is 6.38. The Morgan fingerprint density at radius 3 is 2.65 bits per heavy atom. The highest BCUT2D eigenvalue weighted by molar-refractivity contribution is 9.10. The quantitative estimate of drug-likeness (QED) is 0.729. The molecule has 3 heteroatoms. The largest absolute Gasteiger partial charge is 0.459 e. The minimum Gasteiger partial charge on any atom is -0.459 e. The van der Waals surface area contributed by atoms with Crippen LogP contribution in [-0.4, -0.2) is 0 Å². The lowest BCUT2D eigenvalue weighted by atomic mass is 9.98. The number of aryl methyl sites for hydroxylation is 2. The van der Waals surface area contributed by atoms with Crippen LogP contribution in [0.3, 0.4) is 0 Å². The molecule has 2 nitrogen and oxygen atoms in total. The van der Waals surface area contributed by atoms with Crippen LogP contribution in [0.1, 0.15) is 28.5 Å². The van der Waals surface area contributed by atoms with Crippen LogP contribution in [0, 0.1) is 13.8 Å². The van der Waals surface area contributed by atoms with Gasteiger partial charge >= 0.3 is 0 Å². The third kappa shape index (κ3) is 2.39. The monoisotopic (exact) mass is 329 g/mol. The van der Waals surface area contributed by atoms with Crippen molar-refractivity contribution in [1.82, 2.24) is 0 Å². The maximum absolute atomic E-state index is 6.38. The highest BCUT2D eigenvalue weighted by Gasteiger charge is 2.16. The third-order valence-corrected chi connectivity index (χ3v) is 4.07. The fraction of sp³-hybridized carbons (Fsp3) is 0.176. The summed E-state index contributed by atoms with van der Waals surface area (Å²) in [4.78, 5) is 0. The van der Waals surface area contributed by atoms with Crippen molar-refractivity contribution >= 4 is 26.9 Å². The highest BCUT2D eigenvalue weighted by atomic mass is 79.9. The molecule has 102 valence electrons. The lowest BCUT2D eigenvalue weighted by molar-refractivity contribution is 0.524. The fourth-order valence-electron chi connectivity index (χ4n) is 2.44. The van der Waals surface area contributed by atoms with Crippen molar-refractivity contribution in [1.29, 1.82) is 0 Å². The molecule has 0 aliphatic rings. The Kier molecular flexibility index (Phi) is 3.40. The molecule has 0 aliphatic carbocycles. The predicted molar refractivity (Wildman–Crippen MR) is 85.9 cm³/mol. The summed E-state index contributed by atoms with van der Waals surface area (Å²) in [7, 11) is 0. The molecule has 0 bridgehead atoms. The van der Waals surface area contributed by atoms with Crippen LogP contribution in [0.4, 0.5) is 0 Å². The van der Waals surface area contributed by atoms with Crippen molar-refractivity contribution in [2.45, 2.75) is 19.9 Å². The maximum Gasteiger partial charge on any atom is 0.134 e. The zero-order valence-corrected chi connectivity index (χ0v) is 13.1. The normalized spacial score (nSPS) is 12.8. The van der Waals surface area contributed by atoms with Crippen molar-refractivity contribution in [3.63, 3.8) is 0 Å². The van der Waals surface area contributed by atoms with E-state index in [0.29, 0.717) is 0 Å². The van der Waals surface area contributed by atoms with Crippen LogP contribution in [0.5, 0.6) is 0 Å². The Morgan fingerprint density at radius 1 is 1.05 bits per heavy atom. The number of halogens is 1. The van der Waals surface area contributed by atoms with E-state index in [1.54, 1.807) is 0 Å². The van der Waals surface area contributed by atoms with Gasteiger partial charge in [-0.2, -0.15) is 0 Å². The van der Waals surface area contributed by atoms with Gasteiger partial charge in [-0.1, -0.05) is 39.7 Å². The topological polar surface area (TPSA) is 39.2 Å². The standard InChI is InChI=1S/C17H16BrNO/c1-10-3-4-11(2)14(7-10)17(19)16-9-12-8-13(18)5-6-15(12)20-16/h3-9,17H,19H2,1-2H3. The van der Waals surface area contributed by atoms with Crippen LogP contribution in [0.15, 0.2) is 51.4 Å². The first-order valence-electron chi connectivity index (χ1n) is 6.56. The molecule has 2 aromatic carbocycles. The Morgan fingerprint density at radius 2 is 1.85 bits per heavy atom. The van der Waals surface area contributed by atoms with Gasteiger partial charge in [0, 0.05) is 9.86 Å². The summed E-state index contributed by atoms with van der Waals surface area (Å²) in [6, 6.07) is 14.1. The zero-order chi connectivity index (χ0) is 14.3. The number of benzene rings is 2. The minimum atomic E-state index is -0.235. The van der Waals surface area contributed by atoms with Crippen LogP contribution in [-0.2, 0) is 0 Å².